The maximum Gasteiger partial charge on any atom is 0.247 e. The smallest absolute Gasteiger partial charge is 0.247 e. The number of hydrogen-bond donors (Lipinski definition) is 0. The summed E-state index contributed by atoms with van der Waals surface area (Å²) in [6.45, 7) is 9.02. The Kier molecular flexibility index (Phi) is 2.78. The Morgan fingerprint density at radius 3 is 2.50 bits per heavy atom. The average Bonchev–Trinajstić information content (AvgIpc) is 2.38. The van der Waals surface area contributed by atoms with Crippen LogP contribution in [0.4, 0.5) is 0 Å². The van der Waals surface area contributed by atoms with Crippen molar-refractivity contribution in [2.24, 2.45) is 0 Å². The molecule has 0 aromatic heterocycles. The Labute approximate surface area is 76.3 Å². The third-order valence-corrected chi connectivity index (χ3v) is 6.05. The van der Waals surface area contributed by atoms with Gasteiger partial charge in [0.25, 0.3) is 0 Å². The van der Waals surface area contributed by atoms with Crippen LogP contribution in [0.25, 0.3) is 0 Å². The molecule has 2 heteroatoms. The van der Waals surface area contributed by atoms with E-state index in [1.165, 1.54) is 0 Å². The second-order valence-corrected chi connectivity index (χ2v) is 8.67. The van der Waals surface area contributed by atoms with Crippen molar-refractivity contribution in [1.82, 2.24) is 0 Å². The summed E-state index contributed by atoms with van der Waals surface area (Å²) < 4.78 is 5.97. The van der Waals surface area contributed by atoms with Gasteiger partial charge in [-0.25, -0.2) is 0 Å². The maximum absolute atomic E-state index is 5.97. The average molecular weight is 182 g/mol. The predicted octanol–water partition coefficient (Wildman–Crippen LogP) is 3.46. The zero-order valence-electron chi connectivity index (χ0n) is 8.42. The predicted molar refractivity (Wildman–Crippen MR) is 55.5 cm³/mol. The van der Waals surface area contributed by atoms with Crippen molar-refractivity contribution in [2.75, 3.05) is 0 Å². The summed E-state index contributed by atoms with van der Waals surface area (Å²) in [4.78, 5) is 0. The Morgan fingerprint density at radius 2 is 2.08 bits per heavy atom. The Hall–Kier alpha value is -0.503. The lowest BCUT2D eigenvalue weighted by atomic mass is 10.5. The molecule has 0 amide bonds. The largest absolute Gasteiger partial charge is 0.544 e. The number of hydrogen-bond acceptors (Lipinski definition) is 1. The lowest BCUT2D eigenvalue weighted by molar-refractivity contribution is 0.425. The summed E-state index contributed by atoms with van der Waals surface area (Å²) in [6.07, 6.45) is 7.41. The molecule has 0 aromatic carbocycles. The highest BCUT2D eigenvalue weighted by Gasteiger charge is 2.29. The first-order valence-corrected chi connectivity index (χ1v) is 7.56. The summed E-state index contributed by atoms with van der Waals surface area (Å²) in [6, 6.07) is 0. The van der Waals surface area contributed by atoms with Crippen LogP contribution in [0.1, 0.15) is 20.3 Å². The molecule has 0 N–H and O–H groups in total. The van der Waals surface area contributed by atoms with Gasteiger partial charge in [0, 0.05) is 0 Å². The normalized spacial score (nSPS) is 16.9. The molecule has 0 saturated heterocycles. The van der Waals surface area contributed by atoms with Gasteiger partial charge in [0.2, 0.25) is 8.32 Å². The van der Waals surface area contributed by atoms with Crippen LogP contribution < -0.4 is 0 Å². The molecule has 12 heavy (non-hydrogen) atoms. The van der Waals surface area contributed by atoms with Gasteiger partial charge < -0.3 is 4.43 Å². The topological polar surface area (TPSA) is 9.23 Å². The molecule has 0 radical (unpaired) electrons. The monoisotopic (exact) mass is 182 g/mol. The van der Waals surface area contributed by atoms with Gasteiger partial charge in [-0.05, 0) is 37.2 Å². The van der Waals surface area contributed by atoms with E-state index in [4.69, 9.17) is 4.43 Å². The molecule has 68 valence electrons. The molecule has 0 fully saturated rings. The summed E-state index contributed by atoms with van der Waals surface area (Å²) in [5.41, 5.74) is 0.674. The van der Waals surface area contributed by atoms with Crippen molar-refractivity contribution in [1.29, 1.82) is 0 Å². The van der Waals surface area contributed by atoms with Crippen LogP contribution in [0.2, 0.25) is 18.6 Å². The van der Waals surface area contributed by atoms with Crippen LogP contribution in [-0.4, -0.2) is 8.32 Å². The van der Waals surface area contributed by atoms with E-state index in [1.807, 2.05) is 0 Å². The summed E-state index contributed by atoms with van der Waals surface area (Å²) >= 11 is 0. The van der Waals surface area contributed by atoms with Crippen molar-refractivity contribution >= 4 is 8.32 Å². The molecule has 1 rings (SSSR count). The molecule has 0 heterocycles. The third kappa shape index (κ3) is 2.24. The summed E-state index contributed by atoms with van der Waals surface area (Å²) in [5.74, 6) is 1.08. The fourth-order valence-corrected chi connectivity index (χ4v) is 1.93. The highest BCUT2D eigenvalue weighted by molar-refractivity contribution is 6.72. The zero-order valence-corrected chi connectivity index (χ0v) is 9.42. The molecule has 0 unspecified atom stereocenters. The first-order valence-electron chi connectivity index (χ1n) is 4.58. The molecule has 0 aromatic rings. The second-order valence-electron chi connectivity index (χ2n) is 4.10. The Morgan fingerprint density at radius 1 is 1.42 bits per heavy atom. The van der Waals surface area contributed by atoms with E-state index in [0.29, 0.717) is 5.54 Å². The first kappa shape index (κ1) is 9.58. The summed E-state index contributed by atoms with van der Waals surface area (Å²) in [7, 11) is -1.47. The molecule has 0 spiro atoms. The van der Waals surface area contributed by atoms with E-state index in [9.17, 15) is 0 Å². The van der Waals surface area contributed by atoms with Gasteiger partial charge in [-0.1, -0.05) is 19.9 Å². The minimum Gasteiger partial charge on any atom is -0.544 e. The lowest BCUT2D eigenvalue weighted by Crippen LogP contribution is -2.33. The van der Waals surface area contributed by atoms with Crippen LogP contribution in [0.3, 0.4) is 0 Å². The molecule has 0 bridgehead atoms. The lowest BCUT2D eigenvalue weighted by Gasteiger charge is -2.27. The van der Waals surface area contributed by atoms with Gasteiger partial charge in [-0.2, -0.15) is 0 Å². The molecule has 1 aliphatic rings. The summed E-state index contributed by atoms with van der Waals surface area (Å²) in [5, 5.41) is 0. The van der Waals surface area contributed by atoms with E-state index < -0.39 is 8.32 Å². The quantitative estimate of drug-likeness (QED) is 0.607. The van der Waals surface area contributed by atoms with Gasteiger partial charge >= 0.3 is 0 Å². The van der Waals surface area contributed by atoms with Gasteiger partial charge in [-0.15, -0.1) is 0 Å². The molecule has 1 aliphatic carbocycles. The van der Waals surface area contributed by atoms with Crippen LogP contribution in [0, 0.1) is 0 Å². The molecule has 1 nitrogen and oxygen atoms in total. The van der Waals surface area contributed by atoms with Crippen molar-refractivity contribution in [3.05, 3.63) is 24.0 Å². The highest BCUT2D eigenvalue weighted by atomic mass is 28.4. The van der Waals surface area contributed by atoms with Crippen LogP contribution >= 0.6 is 0 Å². The van der Waals surface area contributed by atoms with Crippen molar-refractivity contribution in [2.45, 2.75) is 38.9 Å². The number of rotatable bonds is 3. The van der Waals surface area contributed by atoms with E-state index in [-0.39, 0.29) is 0 Å². The van der Waals surface area contributed by atoms with E-state index >= 15 is 0 Å². The molecular formula is C10H18OSi. The number of allylic oxidation sites excluding steroid dienone is 3. The Balaban J connectivity index is 2.55. The SMILES string of the molecule is CC(C)[Si](C)(C)OC1=CCC=C1. The van der Waals surface area contributed by atoms with Crippen molar-refractivity contribution in [3.63, 3.8) is 0 Å². The van der Waals surface area contributed by atoms with Gasteiger partial charge in [0.1, 0.15) is 0 Å². The van der Waals surface area contributed by atoms with Gasteiger partial charge in [0.15, 0.2) is 0 Å². The van der Waals surface area contributed by atoms with Crippen LogP contribution in [0.5, 0.6) is 0 Å². The van der Waals surface area contributed by atoms with E-state index in [2.05, 4.69) is 45.2 Å². The van der Waals surface area contributed by atoms with Gasteiger partial charge in [-0.3, -0.25) is 0 Å². The molecule has 0 aliphatic heterocycles. The van der Waals surface area contributed by atoms with Crippen molar-refractivity contribution < 1.29 is 4.43 Å². The van der Waals surface area contributed by atoms with Crippen LogP contribution in [0.15, 0.2) is 24.0 Å². The van der Waals surface area contributed by atoms with E-state index in [0.717, 1.165) is 12.2 Å². The highest BCUT2D eigenvalue weighted by Crippen LogP contribution is 2.26. The van der Waals surface area contributed by atoms with E-state index in [1.54, 1.807) is 0 Å². The third-order valence-electron chi connectivity index (χ3n) is 2.51. The first-order chi connectivity index (χ1) is 5.52. The van der Waals surface area contributed by atoms with Crippen LogP contribution in [-0.2, 0) is 4.43 Å². The minimum absolute atomic E-state index is 0.674. The Bertz CT molecular complexity index is 214. The second kappa shape index (κ2) is 3.48. The van der Waals surface area contributed by atoms with Crippen molar-refractivity contribution in [3.8, 4) is 0 Å². The molecule has 0 saturated carbocycles. The zero-order chi connectivity index (χ0) is 9.19. The molecule has 0 atom stereocenters. The maximum atomic E-state index is 5.97. The van der Waals surface area contributed by atoms with Gasteiger partial charge in [0.05, 0.1) is 5.76 Å². The minimum atomic E-state index is -1.47. The fraction of sp³-hybridized carbons (Fsp3) is 0.600. The molecular weight excluding hydrogens is 164 g/mol. The fourth-order valence-electron chi connectivity index (χ4n) is 0.934. The standard InChI is InChI=1S/C10H18OSi/c1-9(2)12(3,4)11-10-7-5-6-8-10/h5,7-9H,6H2,1-4H3.